The van der Waals surface area contributed by atoms with Gasteiger partial charge in [0, 0.05) is 5.02 Å². The molecule has 0 saturated carbocycles. The Hall–Kier alpha value is -3.31. The van der Waals surface area contributed by atoms with Crippen molar-refractivity contribution in [2.45, 2.75) is 19.5 Å². The second-order valence-electron chi connectivity index (χ2n) is 7.14. The first kappa shape index (κ1) is 17.8. The number of rotatable bonds is 3. The van der Waals surface area contributed by atoms with Crippen molar-refractivity contribution in [1.29, 1.82) is 0 Å². The smallest absolute Gasteiger partial charge is 0.291 e. The Kier molecular flexibility index (Phi) is 4.07. The number of nitrogens with zero attached hydrogens (tertiary/aromatic N) is 1. The van der Waals surface area contributed by atoms with Crippen molar-refractivity contribution < 1.29 is 13.6 Å². The standard InChI is InChI=1S/C23H16ClNO4/c1-13-7-8-18-17(10-13)21(26)19-20(14-4-2-5-15(24)11-14)25(23(27)22(19)29-18)12-16-6-3-9-28-16/h2-11,20H,12H2,1H3. The van der Waals surface area contributed by atoms with Crippen LogP contribution < -0.4 is 5.43 Å². The zero-order chi connectivity index (χ0) is 20.1. The van der Waals surface area contributed by atoms with Crippen molar-refractivity contribution in [2.24, 2.45) is 0 Å². The Morgan fingerprint density at radius 2 is 1.93 bits per heavy atom. The lowest BCUT2D eigenvalue weighted by Crippen LogP contribution is -2.29. The molecule has 4 aromatic rings. The highest BCUT2D eigenvalue weighted by Crippen LogP contribution is 2.39. The van der Waals surface area contributed by atoms with E-state index in [4.69, 9.17) is 20.4 Å². The lowest BCUT2D eigenvalue weighted by atomic mass is 9.98. The first-order valence-corrected chi connectivity index (χ1v) is 9.57. The van der Waals surface area contributed by atoms with Crippen LogP contribution in [-0.2, 0) is 6.54 Å². The molecule has 0 saturated heterocycles. The number of furan rings is 1. The van der Waals surface area contributed by atoms with E-state index in [1.807, 2.05) is 19.1 Å². The third kappa shape index (κ3) is 2.86. The SMILES string of the molecule is Cc1ccc2oc3c(c(=O)c2c1)C(c1cccc(Cl)c1)N(Cc1ccco1)C3=O. The monoisotopic (exact) mass is 405 g/mol. The van der Waals surface area contributed by atoms with Crippen molar-refractivity contribution in [3.63, 3.8) is 0 Å². The summed E-state index contributed by atoms with van der Waals surface area (Å²) in [6.45, 7) is 2.12. The topological polar surface area (TPSA) is 63.7 Å². The van der Waals surface area contributed by atoms with Crippen LogP contribution in [0.25, 0.3) is 11.0 Å². The van der Waals surface area contributed by atoms with Crippen LogP contribution in [0.5, 0.6) is 0 Å². The summed E-state index contributed by atoms with van der Waals surface area (Å²) in [5.41, 5.74) is 2.22. The normalized spacial score (nSPS) is 15.9. The van der Waals surface area contributed by atoms with Gasteiger partial charge in [-0.3, -0.25) is 9.59 Å². The molecule has 144 valence electrons. The molecular weight excluding hydrogens is 390 g/mol. The number of amides is 1. The fourth-order valence-corrected chi connectivity index (χ4v) is 4.09. The number of carbonyl (C=O) groups is 1. The Bertz CT molecular complexity index is 1310. The van der Waals surface area contributed by atoms with Crippen molar-refractivity contribution >= 4 is 28.5 Å². The Morgan fingerprint density at radius 3 is 2.69 bits per heavy atom. The Morgan fingerprint density at radius 1 is 1.07 bits per heavy atom. The summed E-state index contributed by atoms with van der Waals surface area (Å²) in [6.07, 6.45) is 1.55. The van der Waals surface area contributed by atoms with E-state index in [0.29, 0.717) is 27.3 Å². The summed E-state index contributed by atoms with van der Waals surface area (Å²) in [4.78, 5) is 28.3. The largest absolute Gasteiger partial charge is 0.467 e. The molecule has 0 aliphatic carbocycles. The number of carbonyl (C=O) groups excluding carboxylic acids is 1. The molecule has 2 aromatic heterocycles. The zero-order valence-corrected chi connectivity index (χ0v) is 16.3. The highest BCUT2D eigenvalue weighted by molar-refractivity contribution is 6.30. The van der Waals surface area contributed by atoms with Crippen molar-refractivity contribution in [1.82, 2.24) is 4.90 Å². The number of fused-ring (bicyclic) bond motifs is 2. The van der Waals surface area contributed by atoms with Crippen LogP contribution in [0.2, 0.25) is 5.02 Å². The molecule has 0 radical (unpaired) electrons. The first-order valence-electron chi connectivity index (χ1n) is 9.19. The van der Waals surface area contributed by atoms with Gasteiger partial charge < -0.3 is 13.7 Å². The Labute approximate surface area is 171 Å². The summed E-state index contributed by atoms with van der Waals surface area (Å²) in [6, 6.07) is 15.5. The fourth-order valence-electron chi connectivity index (χ4n) is 3.89. The minimum absolute atomic E-state index is 0.0721. The second-order valence-corrected chi connectivity index (χ2v) is 7.58. The highest BCUT2D eigenvalue weighted by Gasteiger charge is 2.43. The molecule has 0 N–H and O–H groups in total. The predicted octanol–water partition coefficient (Wildman–Crippen LogP) is 5.09. The van der Waals surface area contributed by atoms with Gasteiger partial charge in [-0.2, -0.15) is 0 Å². The summed E-state index contributed by atoms with van der Waals surface area (Å²) in [7, 11) is 0. The molecule has 5 nitrogen and oxygen atoms in total. The quantitative estimate of drug-likeness (QED) is 0.476. The molecule has 0 bridgehead atoms. The average molecular weight is 406 g/mol. The number of aryl methyl sites for hydroxylation is 1. The summed E-state index contributed by atoms with van der Waals surface area (Å²) in [5.74, 6) is 0.342. The van der Waals surface area contributed by atoms with Gasteiger partial charge in [0.15, 0.2) is 5.43 Å². The number of hydrogen-bond donors (Lipinski definition) is 0. The van der Waals surface area contributed by atoms with Gasteiger partial charge in [0.05, 0.1) is 29.8 Å². The molecule has 5 rings (SSSR count). The maximum atomic E-state index is 13.4. The molecular formula is C23H16ClNO4. The van der Waals surface area contributed by atoms with Crippen molar-refractivity contribution in [3.8, 4) is 0 Å². The molecule has 3 heterocycles. The van der Waals surface area contributed by atoms with E-state index in [-0.39, 0.29) is 23.6 Å². The van der Waals surface area contributed by atoms with Gasteiger partial charge >= 0.3 is 0 Å². The third-order valence-electron chi connectivity index (χ3n) is 5.19. The minimum atomic E-state index is -0.609. The van der Waals surface area contributed by atoms with E-state index >= 15 is 0 Å². The molecule has 0 spiro atoms. The number of hydrogen-bond acceptors (Lipinski definition) is 4. The van der Waals surface area contributed by atoms with Crippen LogP contribution in [0.4, 0.5) is 0 Å². The van der Waals surface area contributed by atoms with E-state index in [1.165, 1.54) is 0 Å². The van der Waals surface area contributed by atoms with Crippen LogP contribution in [0, 0.1) is 6.92 Å². The van der Waals surface area contributed by atoms with Crippen LogP contribution in [-0.4, -0.2) is 10.8 Å². The molecule has 1 aliphatic rings. The fraction of sp³-hybridized carbons (Fsp3) is 0.130. The van der Waals surface area contributed by atoms with E-state index in [2.05, 4.69) is 0 Å². The summed E-state index contributed by atoms with van der Waals surface area (Å²) >= 11 is 6.21. The molecule has 29 heavy (non-hydrogen) atoms. The highest BCUT2D eigenvalue weighted by atomic mass is 35.5. The van der Waals surface area contributed by atoms with Gasteiger partial charge in [-0.25, -0.2) is 0 Å². The minimum Gasteiger partial charge on any atom is -0.467 e. The van der Waals surface area contributed by atoms with Gasteiger partial charge in [0.1, 0.15) is 11.3 Å². The van der Waals surface area contributed by atoms with Gasteiger partial charge in [0.2, 0.25) is 5.76 Å². The van der Waals surface area contributed by atoms with Gasteiger partial charge in [-0.05, 0) is 48.9 Å². The van der Waals surface area contributed by atoms with E-state index < -0.39 is 6.04 Å². The van der Waals surface area contributed by atoms with Crippen molar-refractivity contribution in [2.75, 3.05) is 0 Å². The maximum Gasteiger partial charge on any atom is 0.291 e. The van der Waals surface area contributed by atoms with Gasteiger partial charge in [0.25, 0.3) is 5.91 Å². The predicted molar refractivity (Wildman–Crippen MR) is 109 cm³/mol. The van der Waals surface area contributed by atoms with Crippen LogP contribution in [0.15, 0.2) is 74.5 Å². The third-order valence-corrected chi connectivity index (χ3v) is 5.43. The van der Waals surface area contributed by atoms with Crippen LogP contribution in [0.1, 0.15) is 39.0 Å². The molecule has 1 aliphatic heterocycles. The summed E-state index contributed by atoms with van der Waals surface area (Å²) in [5, 5.41) is 0.991. The van der Waals surface area contributed by atoms with Crippen molar-refractivity contribution in [3.05, 3.63) is 104 Å². The first-order chi connectivity index (χ1) is 14.0. The molecule has 2 aromatic carbocycles. The van der Waals surface area contributed by atoms with Crippen LogP contribution >= 0.6 is 11.6 Å². The lowest BCUT2D eigenvalue weighted by Gasteiger charge is -2.24. The van der Waals surface area contributed by atoms with Gasteiger partial charge in [-0.1, -0.05) is 35.4 Å². The van der Waals surface area contributed by atoms with Gasteiger partial charge in [-0.15, -0.1) is 0 Å². The molecule has 0 fully saturated rings. The average Bonchev–Trinajstić information content (AvgIpc) is 3.31. The van der Waals surface area contributed by atoms with E-state index in [1.54, 1.807) is 53.6 Å². The number of halogens is 1. The van der Waals surface area contributed by atoms with Crippen LogP contribution in [0.3, 0.4) is 0 Å². The second kappa shape index (κ2) is 6.64. The zero-order valence-electron chi connectivity index (χ0n) is 15.5. The number of benzene rings is 2. The molecule has 1 unspecified atom stereocenters. The lowest BCUT2D eigenvalue weighted by molar-refractivity contribution is 0.0701. The summed E-state index contributed by atoms with van der Waals surface area (Å²) < 4.78 is 11.4. The molecule has 1 atom stereocenters. The maximum absolute atomic E-state index is 13.4. The van der Waals surface area contributed by atoms with E-state index in [9.17, 15) is 9.59 Å². The van der Waals surface area contributed by atoms with E-state index in [0.717, 1.165) is 11.1 Å². The molecule has 6 heteroatoms. The Balaban J connectivity index is 1.77. The molecule has 1 amide bonds.